The van der Waals surface area contributed by atoms with Crippen molar-refractivity contribution in [2.24, 2.45) is 0 Å². The van der Waals surface area contributed by atoms with Crippen molar-refractivity contribution in [3.8, 4) is 0 Å². The number of nitrogens with zero attached hydrogens (tertiary/aromatic N) is 1. The lowest BCUT2D eigenvalue weighted by Gasteiger charge is -2.19. The highest BCUT2D eigenvalue weighted by atomic mass is 16.5. The summed E-state index contributed by atoms with van der Waals surface area (Å²) in [7, 11) is 0. The van der Waals surface area contributed by atoms with Gasteiger partial charge in [-0.05, 0) is 31.4 Å². The maximum absolute atomic E-state index is 11.1. The van der Waals surface area contributed by atoms with Gasteiger partial charge in [0.15, 0.2) is 5.58 Å². The molecule has 2 aromatic rings. The van der Waals surface area contributed by atoms with Gasteiger partial charge in [0.1, 0.15) is 17.2 Å². The third-order valence-electron chi connectivity index (χ3n) is 3.12. The van der Waals surface area contributed by atoms with E-state index in [1.807, 2.05) is 0 Å². The summed E-state index contributed by atoms with van der Waals surface area (Å²) < 4.78 is 11.2. The van der Waals surface area contributed by atoms with Gasteiger partial charge in [-0.15, -0.1) is 0 Å². The Bertz CT molecular complexity index is 584. The van der Waals surface area contributed by atoms with E-state index in [2.05, 4.69) is 4.98 Å². The monoisotopic (exact) mass is 247 g/mol. The summed E-state index contributed by atoms with van der Waals surface area (Å²) in [6.07, 6.45) is 2.86. The van der Waals surface area contributed by atoms with E-state index >= 15 is 0 Å². The first-order valence-electron chi connectivity index (χ1n) is 6.00. The van der Waals surface area contributed by atoms with E-state index < -0.39 is 5.97 Å². The summed E-state index contributed by atoms with van der Waals surface area (Å²) in [5.41, 5.74) is 1.04. The topological polar surface area (TPSA) is 72.6 Å². The quantitative estimate of drug-likeness (QED) is 0.883. The Labute approximate surface area is 103 Å². The second kappa shape index (κ2) is 4.42. The van der Waals surface area contributed by atoms with Crippen LogP contribution in [0.3, 0.4) is 0 Å². The molecular weight excluding hydrogens is 234 g/mol. The zero-order valence-electron chi connectivity index (χ0n) is 9.76. The van der Waals surface area contributed by atoms with Crippen LogP contribution in [0.5, 0.6) is 0 Å². The fraction of sp³-hybridized carbons (Fsp3) is 0.385. The van der Waals surface area contributed by atoms with E-state index in [9.17, 15) is 4.79 Å². The molecule has 0 saturated carbocycles. The summed E-state index contributed by atoms with van der Waals surface area (Å²) in [6, 6.07) is 4.93. The molecule has 0 radical (unpaired) electrons. The van der Waals surface area contributed by atoms with E-state index in [4.69, 9.17) is 14.3 Å². The van der Waals surface area contributed by atoms with Gasteiger partial charge in [-0.2, -0.15) is 0 Å². The van der Waals surface area contributed by atoms with E-state index in [-0.39, 0.29) is 11.7 Å². The number of para-hydroxylation sites is 1. The van der Waals surface area contributed by atoms with Crippen molar-refractivity contribution in [3.63, 3.8) is 0 Å². The average Bonchev–Trinajstić information content (AvgIpc) is 2.83. The minimum absolute atomic E-state index is 0.141. The van der Waals surface area contributed by atoms with Crippen molar-refractivity contribution in [2.75, 3.05) is 6.61 Å². The molecule has 1 aromatic carbocycles. The molecule has 1 aromatic heterocycles. The fourth-order valence-electron chi connectivity index (χ4n) is 2.21. The van der Waals surface area contributed by atoms with Crippen LogP contribution in [-0.4, -0.2) is 22.7 Å². The summed E-state index contributed by atoms with van der Waals surface area (Å²) in [5.74, 6) is -0.522. The van der Waals surface area contributed by atoms with Gasteiger partial charge in [0.25, 0.3) is 0 Å². The lowest BCUT2D eigenvalue weighted by molar-refractivity contribution is -0.000594. The smallest absolute Gasteiger partial charge is 0.339 e. The van der Waals surface area contributed by atoms with Gasteiger partial charge in [-0.25, -0.2) is 9.78 Å². The number of rotatable bonds is 2. The number of carbonyl (C=O) groups is 1. The second-order valence-electron chi connectivity index (χ2n) is 4.37. The Morgan fingerprint density at radius 1 is 1.39 bits per heavy atom. The molecule has 0 amide bonds. The van der Waals surface area contributed by atoms with Crippen molar-refractivity contribution in [3.05, 3.63) is 29.7 Å². The highest BCUT2D eigenvalue weighted by Gasteiger charge is 2.23. The summed E-state index contributed by atoms with van der Waals surface area (Å²) >= 11 is 0. The van der Waals surface area contributed by atoms with Gasteiger partial charge in [0.05, 0.1) is 0 Å². The number of aromatic nitrogens is 1. The van der Waals surface area contributed by atoms with Gasteiger partial charge < -0.3 is 14.3 Å². The van der Waals surface area contributed by atoms with E-state index in [1.165, 1.54) is 6.07 Å². The van der Waals surface area contributed by atoms with Gasteiger partial charge >= 0.3 is 5.97 Å². The molecule has 2 heterocycles. The van der Waals surface area contributed by atoms with Crippen molar-refractivity contribution in [1.82, 2.24) is 4.98 Å². The first-order valence-corrected chi connectivity index (χ1v) is 6.00. The lowest BCUT2D eigenvalue weighted by Crippen LogP contribution is -2.11. The average molecular weight is 247 g/mol. The zero-order valence-corrected chi connectivity index (χ0v) is 9.76. The van der Waals surface area contributed by atoms with Crippen molar-refractivity contribution in [2.45, 2.75) is 25.4 Å². The highest BCUT2D eigenvalue weighted by molar-refractivity contribution is 5.99. The van der Waals surface area contributed by atoms with Crippen LogP contribution in [0, 0.1) is 0 Å². The molecule has 0 aliphatic carbocycles. The summed E-state index contributed by atoms with van der Waals surface area (Å²) in [5, 5.41) is 9.08. The largest absolute Gasteiger partial charge is 0.478 e. The normalized spacial score (nSPS) is 20.1. The van der Waals surface area contributed by atoms with Crippen LogP contribution in [0.25, 0.3) is 11.1 Å². The Hall–Kier alpha value is -1.88. The number of ether oxygens (including phenoxy) is 1. The molecule has 18 heavy (non-hydrogen) atoms. The molecule has 0 spiro atoms. The van der Waals surface area contributed by atoms with Crippen LogP contribution in [0.4, 0.5) is 0 Å². The molecule has 0 bridgehead atoms. The molecule has 1 aliphatic rings. The number of carboxylic acids is 1. The van der Waals surface area contributed by atoms with Crippen LogP contribution in [0.15, 0.2) is 22.6 Å². The third kappa shape index (κ3) is 1.86. The van der Waals surface area contributed by atoms with E-state index in [0.717, 1.165) is 19.3 Å². The summed E-state index contributed by atoms with van der Waals surface area (Å²) in [4.78, 5) is 15.4. The van der Waals surface area contributed by atoms with Crippen molar-refractivity contribution < 1.29 is 19.1 Å². The molecule has 1 aliphatic heterocycles. The third-order valence-corrected chi connectivity index (χ3v) is 3.12. The lowest BCUT2D eigenvalue weighted by atomic mass is 10.1. The molecule has 1 saturated heterocycles. The predicted molar refractivity (Wildman–Crippen MR) is 63.5 cm³/mol. The van der Waals surface area contributed by atoms with E-state index in [0.29, 0.717) is 23.6 Å². The molecular formula is C13H13NO4. The van der Waals surface area contributed by atoms with Crippen LogP contribution in [-0.2, 0) is 4.74 Å². The molecule has 1 unspecified atom stereocenters. The minimum Gasteiger partial charge on any atom is -0.478 e. The SMILES string of the molecule is O=C(O)c1cccc2nc(C3CCCCO3)oc12. The highest BCUT2D eigenvalue weighted by Crippen LogP contribution is 2.30. The predicted octanol–water partition coefficient (Wildman–Crippen LogP) is 2.77. The van der Waals surface area contributed by atoms with Gasteiger partial charge in [-0.1, -0.05) is 6.07 Å². The van der Waals surface area contributed by atoms with Gasteiger partial charge in [0.2, 0.25) is 5.89 Å². The van der Waals surface area contributed by atoms with Crippen molar-refractivity contribution >= 4 is 17.1 Å². The van der Waals surface area contributed by atoms with Crippen molar-refractivity contribution in [1.29, 1.82) is 0 Å². The molecule has 94 valence electrons. The fourth-order valence-corrected chi connectivity index (χ4v) is 2.21. The maximum Gasteiger partial charge on any atom is 0.339 e. The number of hydrogen-bond donors (Lipinski definition) is 1. The van der Waals surface area contributed by atoms with Crippen LogP contribution >= 0.6 is 0 Å². The molecule has 5 heteroatoms. The second-order valence-corrected chi connectivity index (χ2v) is 4.37. The van der Waals surface area contributed by atoms with Gasteiger partial charge in [0, 0.05) is 6.61 Å². The van der Waals surface area contributed by atoms with Crippen LogP contribution < -0.4 is 0 Å². The molecule has 5 nitrogen and oxygen atoms in total. The molecule has 1 atom stereocenters. The summed E-state index contributed by atoms with van der Waals surface area (Å²) in [6.45, 7) is 0.704. The molecule has 1 fully saturated rings. The standard InChI is InChI=1S/C13H13NO4/c15-13(16)8-4-3-5-9-11(8)18-12(14-9)10-6-1-2-7-17-10/h3-5,10H,1-2,6-7H2,(H,15,16). The number of fused-ring (bicyclic) bond motifs is 1. The minimum atomic E-state index is -1.01. The Kier molecular flexibility index (Phi) is 2.76. The maximum atomic E-state index is 11.1. The number of oxazole rings is 1. The Balaban J connectivity index is 2.04. The molecule has 3 rings (SSSR count). The number of hydrogen-bond acceptors (Lipinski definition) is 4. The number of aromatic carboxylic acids is 1. The van der Waals surface area contributed by atoms with E-state index in [1.54, 1.807) is 12.1 Å². The first-order chi connectivity index (χ1) is 8.75. The Morgan fingerprint density at radius 3 is 3.00 bits per heavy atom. The number of carboxylic acid groups (broad SMARTS) is 1. The van der Waals surface area contributed by atoms with Crippen LogP contribution in [0.2, 0.25) is 0 Å². The van der Waals surface area contributed by atoms with Gasteiger partial charge in [-0.3, -0.25) is 0 Å². The van der Waals surface area contributed by atoms with Crippen LogP contribution in [0.1, 0.15) is 41.6 Å². The Morgan fingerprint density at radius 2 is 2.28 bits per heavy atom. The number of benzene rings is 1. The zero-order chi connectivity index (χ0) is 12.5. The molecule has 1 N–H and O–H groups in total. The first kappa shape index (κ1) is 11.2.